The summed E-state index contributed by atoms with van der Waals surface area (Å²) in [5, 5.41) is 0. The van der Waals surface area contributed by atoms with E-state index in [2.05, 4.69) is 0 Å². The molecule has 0 aliphatic heterocycles. The van der Waals surface area contributed by atoms with E-state index >= 15 is 0 Å². The average molecular weight is 164 g/mol. The van der Waals surface area contributed by atoms with Crippen LogP contribution in [-0.4, -0.2) is 41.0 Å². The van der Waals surface area contributed by atoms with Crippen LogP contribution >= 0.6 is 0 Å². The van der Waals surface area contributed by atoms with Crippen molar-refractivity contribution >= 4 is 0 Å². The Morgan fingerprint density at radius 2 is 1.36 bits per heavy atom. The van der Waals surface area contributed by atoms with Gasteiger partial charge in [-0.15, -0.1) is 0 Å². The van der Waals surface area contributed by atoms with Crippen LogP contribution in [0.25, 0.3) is 0 Å². The van der Waals surface area contributed by atoms with E-state index in [1.807, 2.05) is 0 Å². The van der Waals surface area contributed by atoms with Crippen molar-refractivity contribution in [3.05, 3.63) is 0 Å². The molecular formula is C7H16O4. The quantitative estimate of drug-likeness (QED) is 0.539. The van der Waals surface area contributed by atoms with Crippen LogP contribution in [0.2, 0.25) is 0 Å². The van der Waals surface area contributed by atoms with Crippen molar-refractivity contribution < 1.29 is 18.9 Å². The van der Waals surface area contributed by atoms with Gasteiger partial charge in [0.15, 0.2) is 0 Å². The van der Waals surface area contributed by atoms with Crippen LogP contribution in [0.4, 0.5) is 0 Å². The van der Waals surface area contributed by atoms with Crippen LogP contribution in [0.15, 0.2) is 0 Å². The van der Waals surface area contributed by atoms with Gasteiger partial charge in [0.1, 0.15) is 0 Å². The summed E-state index contributed by atoms with van der Waals surface area (Å²) in [5.41, 5.74) is 0. The molecular weight excluding hydrogens is 148 g/mol. The van der Waals surface area contributed by atoms with E-state index < -0.39 is 5.97 Å². The first-order valence-electron chi connectivity index (χ1n) is 3.39. The lowest BCUT2D eigenvalue weighted by Gasteiger charge is -2.28. The first-order valence-corrected chi connectivity index (χ1v) is 3.39. The van der Waals surface area contributed by atoms with Crippen molar-refractivity contribution in [2.75, 3.05) is 35.0 Å². The summed E-state index contributed by atoms with van der Waals surface area (Å²) < 4.78 is 19.9. The van der Waals surface area contributed by atoms with Crippen LogP contribution < -0.4 is 0 Å². The maximum Gasteiger partial charge on any atom is 0.284 e. The molecule has 4 nitrogen and oxygen atoms in total. The molecule has 68 valence electrons. The lowest BCUT2D eigenvalue weighted by Crippen LogP contribution is -2.37. The Labute approximate surface area is 67.4 Å². The number of hydrogen-bond donors (Lipinski definition) is 0. The fraction of sp³-hybridized carbons (Fsp3) is 1.00. The third-order valence-electron chi connectivity index (χ3n) is 1.55. The summed E-state index contributed by atoms with van der Waals surface area (Å²) in [6.07, 6.45) is 0.549. The summed E-state index contributed by atoms with van der Waals surface area (Å²) in [4.78, 5) is 0. The molecule has 4 heteroatoms. The van der Waals surface area contributed by atoms with Gasteiger partial charge in [-0.05, 0) is 0 Å². The summed E-state index contributed by atoms with van der Waals surface area (Å²) in [6.45, 7) is 0.537. The van der Waals surface area contributed by atoms with E-state index in [-0.39, 0.29) is 0 Å². The largest absolute Gasteiger partial charge is 0.384 e. The van der Waals surface area contributed by atoms with Gasteiger partial charge in [-0.25, -0.2) is 0 Å². The highest BCUT2D eigenvalue weighted by atomic mass is 16.9. The first-order chi connectivity index (χ1) is 5.24. The van der Waals surface area contributed by atoms with Gasteiger partial charge in [0, 0.05) is 28.4 Å². The van der Waals surface area contributed by atoms with Gasteiger partial charge in [-0.2, -0.15) is 0 Å². The van der Waals surface area contributed by atoms with E-state index in [1.54, 1.807) is 7.11 Å². The summed E-state index contributed by atoms with van der Waals surface area (Å²) in [5.74, 6) is -0.948. The second-order valence-corrected chi connectivity index (χ2v) is 2.04. The molecule has 0 aromatic heterocycles. The molecule has 0 spiro atoms. The molecule has 0 aliphatic rings. The molecule has 0 bridgehead atoms. The summed E-state index contributed by atoms with van der Waals surface area (Å²) in [7, 11) is 6.21. The molecule has 0 saturated carbocycles. The van der Waals surface area contributed by atoms with Crippen molar-refractivity contribution in [2.24, 2.45) is 0 Å². The lowest BCUT2D eigenvalue weighted by molar-refractivity contribution is -0.357. The zero-order valence-electron chi connectivity index (χ0n) is 7.55. The van der Waals surface area contributed by atoms with Gasteiger partial charge in [-0.1, -0.05) is 0 Å². The van der Waals surface area contributed by atoms with Crippen molar-refractivity contribution in [3.8, 4) is 0 Å². The second kappa shape index (κ2) is 5.49. The van der Waals surface area contributed by atoms with Crippen molar-refractivity contribution in [2.45, 2.75) is 12.4 Å². The second-order valence-electron chi connectivity index (χ2n) is 2.04. The van der Waals surface area contributed by atoms with Gasteiger partial charge in [-0.3, -0.25) is 0 Å². The highest BCUT2D eigenvalue weighted by Gasteiger charge is 2.28. The molecule has 0 amide bonds. The maximum absolute atomic E-state index is 5.01. The maximum atomic E-state index is 5.01. The number of ether oxygens (including phenoxy) is 4. The molecule has 0 aromatic rings. The minimum absolute atomic E-state index is 0.537. The highest BCUT2D eigenvalue weighted by molar-refractivity contribution is 4.53. The zero-order chi connectivity index (χ0) is 8.74. The van der Waals surface area contributed by atoms with Gasteiger partial charge in [0.25, 0.3) is 5.97 Å². The topological polar surface area (TPSA) is 36.9 Å². The number of hydrogen-bond acceptors (Lipinski definition) is 4. The van der Waals surface area contributed by atoms with Crippen LogP contribution in [0.5, 0.6) is 0 Å². The summed E-state index contributed by atoms with van der Waals surface area (Å²) >= 11 is 0. The van der Waals surface area contributed by atoms with Crippen molar-refractivity contribution in [1.82, 2.24) is 0 Å². The molecule has 0 unspecified atom stereocenters. The summed E-state index contributed by atoms with van der Waals surface area (Å²) in [6, 6.07) is 0. The van der Waals surface area contributed by atoms with E-state index in [9.17, 15) is 0 Å². The highest BCUT2D eigenvalue weighted by Crippen LogP contribution is 2.16. The van der Waals surface area contributed by atoms with Crippen LogP contribution in [0, 0.1) is 0 Å². The minimum atomic E-state index is -0.948. The molecule has 0 radical (unpaired) electrons. The molecule has 0 rings (SSSR count). The minimum Gasteiger partial charge on any atom is -0.384 e. The van der Waals surface area contributed by atoms with E-state index in [1.165, 1.54) is 21.3 Å². The third kappa shape index (κ3) is 3.16. The Kier molecular flexibility index (Phi) is 5.41. The molecule has 0 fully saturated rings. The van der Waals surface area contributed by atoms with Crippen LogP contribution in [-0.2, 0) is 18.9 Å². The lowest BCUT2D eigenvalue weighted by atomic mass is 10.4. The van der Waals surface area contributed by atoms with E-state index in [0.717, 1.165) is 0 Å². The third-order valence-corrected chi connectivity index (χ3v) is 1.55. The van der Waals surface area contributed by atoms with Crippen molar-refractivity contribution in [3.63, 3.8) is 0 Å². The Hall–Kier alpha value is -0.160. The first kappa shape index (κ1) is 10.8. The Bertz CT molecular complexity index is 82.2. The number of rotatable bonds is 6. The van der Waals surface area contributed by atoms with E-state index in [0.29, 0.717) is 13.0 Å². The molecule has 0 atom stereocenters. The van der Waals surface area contributed by atoms with Gasteiger partial charge >= 0.3 is 0 Å². The Balaban J connectivity index is 3.84. The molecule has 0 aromatic carbocycles. The molecule has 11 heavy (non-hydrogen) atoms. The fourth-order valence-corrected chi connectivity index (χ4v) is 0.783. The molecule has 0 heterocycles. The SMILES string of the molecule is COCCC(OC)(OC)OC. The molecule has 0 aliphatic carbocycles. The normalized spacial score (nSPS) is 12.0. The predicted molar refractivity (Wildman–Crippen MR) is 40.3 cm³/mol. The predicted octanol–water partition coefficient (Wildman–Crippen LogP) is 0.616. The zero-order valence-corrected chi connectivity index (χ0v) is 7.55. The molecule has 0 saturated heterocycles. The van der Waals surface area contributed by atoms with Gasteiger partial charge in [0.05, 0.1) is 13.0 Å². The monoisotopic (exact) mass is 164 g/mol. The van der Waals surface area contributed by atoms with Gasteiger partial charge < -0.3 is 18.9 Å². The van der Waals surface area contributed by atoms with Crippen molar-refractivity contribution in [1.29, 1.82) is 0 Å². The Morgan fingerprint density at radius 1 is 0.909 bits per heavy atom. The van der Waals surface area contributed by atoms with E-state index in [4.69, 9.17) is 18.9 Å². The molecule has 0 N–H and O–H groups in total. The average Bonchev–Trinajstić information content (AvgIpc) is 2.08. The smallest absolute Gasteiger partial charge is 0.284 e. The van der Waals surface area contributed by atoms with Crippen LogP contribution in [0.3, 0.4) is 0 Å². The Morgan fingerprint density at radius 3 is 1.64 bits per heavy atom. The standard InChI is InChI=1S/C7H16O4/c1-8-6-5-7(9-2,10-3)11-4/h5-6H2,1-4H3. The van der Waals surface area contributed by atoms with Crippen LogP contribution in [0.1, 0.15) is 6.42 Å². The number of methoxy groups -OCH3 is 4. The van der Waals surface area contributed by atoms with Gasteiger partial charge in [0.2, 0.25) is 0 Å². The fourth-order valence-electron chi connectivity index (χ4n) is 0.783.